The third-order valence-corrected chi connectivity index (χ3v) is 3.81. The molecule has 2 amide bonds. The molecule has 2 rings (SSSR count). The zero-order valence-corrected chi connectivity index (χ0v) is 12.9. The fraction of sp³-hybridized carbons (Fsp3) is 0.438. The topological polar surface area (TPSA) is 69.7 Å². The molecule has 1 unspecified atom stereocenters. The first-order valence-corrected chi connectivity index (χ1v) is 7.34. The minimum absolute atomic E-state index is 0.174. The van der Waals surface area contributed by atoms with Crippen LogP contribution in [-0.4, -0.2) is 56.2 Å². The number of amides is 2. The van der Waals surface area contributed by atoms with Crippen LogP contribution in [0.4, 0.5) is 5.69 Å². The Morgan fingerprint density at radius 1 is 1.32 bits per heavy atom. The molecule has 6 heteroatoms. The minimum atomic E-state index is -0.857. The summed E-state index contributed by atoms with van der Waals surface area (Å²) in [7, 11) is 3.52. The van der Waals surface area contributed by atoms with Crippen molar-refractivity contribution >= 4 is 23.3 Å². The van der Waals surface area contributed by atoms with Gasteiger partial charge in [0.05, 0.1) is 0 Å². The molecule has 22 heavy (non-hydrogen) atoms. The summed E-state index contributed by atoms with van der Waals surface area (Å²) in [6.07, 6.45) is 0.766. The second-order valence-corrected chi connectivity index (χ2v) is 5.50. The predicted octanol–water partition coefficient (Wildman–Crippen LogP) is 0.286. The number of Topliss-reactive ketones (excluding diaryl/α,β-unsaturated/α-hetero) is 1. The zero-order chi connectivity index (χ0) is 16.1. The summed E-state index contributed by atoms with van der Waals surface area (Å²) >= 11 is 0. The molecule has 1 aromatic carbocycles. The number of ketones is 1. The Balaban J connectivity index is 1.72. The molecular weight excluding hydrogens is 282 g/mol. The SMILES string of the molecule is CN1CC(C(=O)NCCCN(C)c2ccccc2)C(=O)C1=O. The minimum Gasteiger partial charge on any atom is -0.375 e. The molecule has 0 aliphatic carbocycles. The predicted molar refractivity (Wildman–Crippen MR) is 83.5 cm³/mol. The average molecular weight is 303 g/mol. The summed E-state index contributed by atoms with van der Waals surface area (Å²) < 4.78 is 0. The molecule has 1 heterocycles. The first kappa shape index (κ1) is 16.0. The van der Waals surface area contributed by atoms with E-state index in [1.54, 1.807) is 0 Å². The lowest BCUT2D eigenvalue weighted by Gasteiger charge is -2.19. The largest absolute Gasteiger partial charge is 0.375 e. The number of likely N-dealkylation sites (tertiary alicyclic amines) is 1. The van der Waals surface area contributed by atoms with Gasteiger partial charge < -0.3 is 15.1 Å². The van der Waals surface area contributed by atoms with E-state index in [-0.39, 0.29) is 12.5 Å². The molecule has 0 radical (unpaired) electrons. The summed E-state index contributed by atoms with van der Waals surface area (Å²) in [5.41, 5.74) is 1.12. The molecule has 0 saturated carbocycles. The molecule has 1 N–H and O–H groups in total. The van der Waals surface area contributed by atoms with E-state index in [1.807, 2.05) is 37.4 Å². The first-order chi connectivity index (χ1) is 10.5. The van der Waals surface area contributed by atoms with Gasteiger partial charge in [-0.1, -0.05) is 18.2 Å². The van der Waals surface area contributed by atoms with Crippen molar-refractivity contribution in [1.29, 1.82) is 0 Å². The van der Waals surface area contributed by atoms with E-state index in [9.17, 15) is 14.4 Å². The van der Waals surface area contributed by atoms with Gasteiger partial charge in [-0.3, -0.25) is 14.4 Å². The number of nitrogens with one attached hydrogen (secondary N) is 1. The molecule has 1 aliphatic heterocycles. The maximum Gasteiger partial charge on any atom is 0.290 e. The highest BCUT2D eigenvalue weighted by Gasteiger charge is 2.41. The molecule has 1 saturated heterocycles. The molecule has 1 fully saturated rings. The lowest BCUT2D eigenvalue weighted by Crippen LogP contribution is -2.37. The fourth-order valence-electron chi connectivity index (χ4n) is 2.44. The number of carbonyl (C=O) groups is 3. The normalized spacial score (nSPS) is 17.7. The van der Waals surface area contributed by atoms with Crippen LogP contribution in [0.15, 0.2) is 30.3 Å². The molecule has 6 nitrogen and oxygen atoms in total. The summed E-state index contributed by atoms with van der Waals surface area (Å²) in [4.78, 5) is 38.3. The highest BCUT2D eigenvalue weighted by molar-refractivity contribution is 6.42. The highest BCUT2D eigenvalue weighted by atomic mass is 16.2. The fourth-order valence-corrected chi connectivity index (χ4v) is 2.44. The van der Waals surface area contributed by atoms with Gasteiger partial charge in [-0.15, -0.1) is 0 Å². The van der Waals surface area contributed by atoms with E-state index >= 15 is 0 Å². The van der Waals surface area contributed by atoms with Crippen LogP contribution in [-0.2, 0) is 14.4 Å². The number of hydrogen-bond donors (Lipinski definition) is 1. The number of para-hydroxylation sites is 1. The average Bonchev–Trinajstić information content (AvgIpc) is 2.79. The molecule has 0 aromatic heterocycles. The summed E-state index contributed by atoms with van der Waals surface area (Å²) in [5, 5.41) is 2.74. The third kappa shape index (κ3) is 3.63. The molecule has 1 atom stereocenters. The van der Waals surface area contributed by atoms with Gasteiger partial charge >= 0.3 is 0 Å². The second kappa shape index (κ2) is 7.06. The van der Waals surface area contributed by atoms with Crippen LogP contribution in [0.5, 0.6) is 0 Å². The van der Waals surface area contributed by atoms with Gasteiger partial charge in [0, 0.05) is 39.4 Å². The number of benzene rings is 1. The van der Waals surface area contributed by atoms with Crippen molar-refractivity contribution in [2.75, 3.05) is 38.6 Å². The van der Waals surface area contributed by atoms with E-state index in [2.05, 4.69) is 10.2 Å². The highest BCUT2D eigenvalue weighted by Crippen LogP contribution is 2.13. The van der Waals surface area contributed by atoms with E-state index in [0.29, 0.717) is 6.54 Å². The number of hydrogen-bond acceptors (Lipinski definition) is 4. The Bertz CT molecular complexity index is 559. The number of nitrogens with zero attached hydrogens (tertiary/aromatic N) is 2. The quantitative estimate of drug-likeness (QED) is 0.466. The van der Waals surface area contributed by atoms with Crippen LogP contribution in [0.2, 0.25) is 0 Å². The van der Waals surface area contributed by atoms with Crippen molar-refractivity contribution < 1.29 is 14.4 Å². The van der Waals surface area contributed by atoms with Crippen molar-refractivity contribution in [1.82, 2.24) is 10.2 Å². The maximum absolute atomic E-state index is 11.9. The van der Waals surface area contributed by atoms with Gasteiger partial charge in [-0.05, 0) is 18.6 Å². The third-order valence-electron chi connectivity index (χ3n) is 3.81. The Morgan fingerprint density at radius 2 is 2.00 bits per heavy atom. The number of carbonyl (C=O) groups excluding carboxylic acids is 3. The van der Waals surface area contributed by atoms with Gasteiger partial charge in [0.15, 0.2) is 0 Å². The number of likely N-dealkylation sites (N-methyl/N-ethyl adjacent to an activating group) is 1. The molecule has 1 aromatic rings. The molecule has 0 spiro atoms. The van der Waals surface area contributed by atoms with Gasteiger partial charge in [0.2, 0.25) is 11.7 Å². The van der Waals surface area contributed by atoms with Crippen LogP contribution >= 0.6 is 0 Å². The Kier molecular flexibility index (Phi) is 5.14. The van der Waals surface area contributed by atoms with E-state index in [4.69, 9.17) is 0 Å². The summed E-state index contributed by atoms with van der Waals surface area (Å²) in [5.74, 6) is -2.40. The first-order valence-electron chi connectivity index (χ1n) is 7.34. The van der Waals surface area contributed by atoms with Crippen LogP contribution in [0, 0.1) is 5.92 Å². The van der Waals surface area contributed by atoms with Gasteiger partial charge in [0.1, 0.15) is 5.92 Å². The van der Waals surface area contributed by atoms with Crippen LogP contribution in [0.1, 0.15) is 6.42 Å². The van der Waals surface area contributed by atoms with Crippen LogP contribution in [0.25, 0.3) is 0 Å². The second-order valence-electron chi connectivity index (χ2n) is 5.50. The van der Waals surface area contributed by atoms with E-state index in [1.165, 1.54) is 11.9 Å². The van der Waals surface area contributed by atoms with Gasteiger partial charge in [-0.25, -0.2) is 0 Å². The lowest BCUT2D eigenvalue weighted by atomic mass is 10.1. The Hall–Kier alpha value is -2.37. The standard InChI is InChI=1S/C16H21N3O3/c1-18(12-7-4-3-5-8-12)10-6-9-17-15(21)13-11-19(2)16(22)14(13)20/h3-5,7-8,13H,6,9-11H2,1-2H3,(H,17,21). The van der Waals surface area contributed by atoms with Crippen molar-refractivity contribution in [2.24, 2.45) is 5.92 Å². The van der Waals surface area contributed by atoms with Crippen LogP contribution in [0.3, 0.4) is 0 Å². The van der Waals surface area contributed by atoms with Crippen LogP contribution < -0.4 is 10.2 Å². The zero-order valence-electron chi connectivity index (χ0n) is 12.9. The monoisotopic (exact) mass is 303 g/mol. The van der Waals surface area contributed by atoms with E-state index in [0.717, 1.165) is 18.7 Å². The van der Waals surface area contributed by atoms with Gasteiger partial charge in [0.25, 0.3) is 5.91 Å². The van der Waals surface area contributed by atoms with Crippen molar-refractivity contribution in [3.05, 3.63) is 30.3 Å². The molecule has 0 bridgehead atoms. The Morgan fingerprint density at radius 3 is 2.59 bits per heavy atom. The summed E-state index contributed by atoms with van der Waals surface area (Å²) in [6, 6.07) is 9.97. The lowest BCUT2D eigenvalue weighted by molar-refractivity contribution is -0.142. The Labute approximate surface area is 130 Å². The smallest absolute Gasteiger partial charge is 0.290 e. The summed E-state index contributed by atoms with van der Waals surface area (Å²) in [6.45, 7) is 1.45. The van der Waals surface area contributed by atoms with Gasteiger partial charge in [-0.2, -0.15) is 0 Å². The maximum atomic E-state index is 11.9. The van der Waals surface area contributed by atoms with Crippen molar-refractivity contribution in [2.45, 2.75) is 6.42 Å². The van der Waals surface area contributed by atoms with Crippen molar-refractivity contribution in [3.8, 4) is 0 Å². The number of rotatable bonds is 6. The molecule has 118 valence electrons. The number of anilines is 1. The van der Waals surface area contributed by atoms with Crippen molar-refractivity contribution in [3.63, 3.8) is 0 Å². The van der Waals surface area contributed by atoms with E-state index < -0.39 is 17.6 Å². The molecule has 1 aliphatic rings. The molecular formula is C16H21N3O3.